The summed E-state index contributed by atoms with van der Waals surface area (Å²) in [6.07, 6.45) is 3.53. The maximum absolute atomic E-state index is 14.3. The monoisotopic (exact) mass is 588 g/mol. The Balaban J connectivity index is 1.74. The maximum atomic E-state index is 14.3. The zero-order chi connectivity index (χ0) is 29.1. The number of Topliss-reactive ketones (excluding diaryl/α,β-unsaturated/α-hetero) is 1. The number of hydrogen-bond acceptors (Lipinski definition) is 5. The van der Waals surface area contributed by atoms with Gasteiger partial charge in [0.2, 0.25) is 5.91 Å². The number of halogens is 2. The molecule has 1 aromatic heterocycles. The molecule has 2 N–H and O–H groups in total. The molecule has 0 aliphatic carbocycles. The van der Waals surface area contributed by atoms with Crippen LogP contribution >= 0.6 is 22.9 Å². The van der Waals surface area contributed by atoms with Crippen molar-refractivity contribution in [1.82, 2.24) is 4.90 Å². The van der Waals surface area contributed by atoms with Crippen molar-refractivity contribution in [1.29, 1.82) is 0 Å². The lowest BCUT2D eigenvalue weighted by Gasteiger charge is -2.29. The van der Waals surface area contributed by atoms with Gasteiger partial charge in [0.25, 0.3) is 5.91 Å². The molecule has 5 rings (SSSR count). The summed E-state index contributed by atoms with van der Waals surface area (Å²) >= 11 is 7.32. The summed E-state index contributed by atoms with van der Waals surface area (Å²) in [6, 6.07) is 22.7. The summed E-state index contributed by atoms with van der Waals surface area (Å²) < 4.78 is 20.1. The number of ketones is 1. The number of hydrogen-bond donors (Lipinski definition) is 1. The molecular weight excluding hydrogens is 563 g/mol. The van der Waals surface area contributed by atoms with Crippen molar-refractivity contribution in [2.75, 3.05) is 7.11 Å². The first-order valence-corrected chi connectivity index (χ1v) is 14.0. The van der Waals surface area contributed by atoms with Crippen LogP contribution in [0.1, 0.15) is 37.1 Å². The molecule has 1 saturated heterocycles. The van der Waals surface area contributed by atoms with Crippen molar-refractivity contribution in [2.24, 2.45) is 11.7 Å². The molecule has 0 bridgehead atoms. The smallest absolute Gasteiger partial charge is 0.255 e. The van der Waals surface area contributed by atoms with Crippen molar-refractivity contribution in [3.05, 3.63) is 129 Å². The molecule has 0 spiro atoms. The normalized spacial score (nSPS) is 20.3. The molecule has 3 aromatic carbocycles. The van der Waals surface area contributed by atoms with Crippen molar-refractivity contribution < 1.29 is 23.5 Å². The molecule has 1 aliphatic heterocycles. The van der Waals surface area contributed by atoms with Gasteiger partial charge in [-0.25, -0.2) is 4.39 Å². The quantitative estimate of drug-likeness (QED) is 0.247. The van der Waals surface area contributed by atoms with E-state index in [-0.39, 0.29) is 11.3 Å². The van der Waals surface area contributed by atoms with Gasteiger partial charge < -0.3 is 15.4 Å². The number of ether oxygens (including phenoxy) is 1. The van der Waals surface area contributed by atoms with Crippen LogP contribution in [0.15, 0.2) is 97.1 Å². The largest absolute Gasteiger partial charge is 0.497 e. The molecule has 1 fully saturated rings. The van der Waals surface area contributed by atoms with Gasteiger partial charge in [-0.15, -0.1) is 11.3 Å². The third-order valence-corrected chi connectivity index (χ3v) is 8.44. The van der Waals surface area contributed by atoms with Crippen LogP contribution in [-0.2, 0) is 4.79 Å². The van der Waals surface area contributed by atoms with E-state index in [2.05, 4.69) is 0 Å². The van der Waals surface area contributed by atoms with E-state index in [1.807, 2.05) is 30.3 Å². The van der Waals surface area contributed by atoms with E-state index in [0.717, 1.165) is 23.0 Å². The standard InChI is InChI=1S/C32H26ClFN2O4S/c1-40-23-12-6-9-20(18-23)27-28(30(37)25-15-16-26(33)41-25)24(14-13-19-7-3-2-4-8-19)36(29(27)31(35)38)32(39)21-10-5-11-22(34)17-21/h2-18,24,27-29H,1H3,(H2,35,38). The molecule has 2 amide bonds. The van der Waals surface area contributed by atoms with E-state index >= 15 is 0 Å². The topological polar surface area (TPSA) is 89.7 Å². The van der Waals surface area contributed by atoms with Crippen LogP contribution < -0.4 is 10.5 Å². The number of likely N-dealkylation sites (tertiary alicyclic amines) is 1. The minimum Gasteiger partial charge on any atom is -0.497 e. The summed E-state index contributed by atoms with van der Waals surface area (Å²) in [5.74, 6) is -3.55. The van der Waals surface area contributed by atoms with Crippen LogP contribution in [0.25, 0.3) is 6.08 Å². The molecule has 208 valence electrons. The minimum absolute atomic E-state index is 0.0334. The second kappa shape index (κ2) is 12.1. The number of thiophene rings is 1. The molecule has 1 aliphatic rings. The number of amides is 2. The summed E-state index contributed by atoms with van der Waals surface area (Å²) in [5, 5.41) is 0. The molecule has 0 saturated carbocycles. The third-order valence-electron chi connectivity index (χ3n) is 7.20. The lowest BCUT2D eigenvalue weighted by atomic mass is 9.78. The average Bonchev–Trinajstić information content (AvgIpc) is 3.57. The van der Waals surface area contributed by atoms with Crippen molar-refractivity contribution in [3.8, 4) is 5.75 Å². The summed E-state index contributed by atoms with van der Waals surface area (Å²) in [6.45, 7) is 0. The van der Waals surface area contributed by atoms with Gasteiger partial charge >= 0.3 is 0 Å². The highest BCUT2D eigenvalue weighted by molar-refractivity contribution is 7.18. The second-order valence-electron chi connectivity index (χ2n) is 9.63. The molecule has 4 aromatic rings. The number of nitrogens with two attached hydrogens (primary N) is 1. The van der Waals surface area contributed by atoms with E-state index in [0.29, 0.717) is 20.5 Å². The predicted octanol–water partition coefficient (Wildman–Crippen LogP) is 6.22. The first kappa shape index (κ1) is 28.3. The fraction of sp³-hybridized carbons (Fsp3) is 0.156. The highest BCUT2D eigenvalue weighted by atomic mass is 35.5. The van der Waals surface area contributed by atoms with Crippen LogP contribution in [0.5, 0.6) is 5.75 Å². The lowest BCUT2D eigenvalue weighted by molar-refractivity contribution is -0.122. The fourth-order valence-corrected chi connectivity index (χ4v) is 6.47. The number of carbonyl (C=O) groups excluding carboxylic acids is 3. The van der Waals surface area contributed by atoms with E-state index < -0.39 is 41.6 Å². The van der Waals surface area contributed by atoms with E-state index in [1.54, 1.807) is 48.6 Å². The Morgan fingerprint density at radius 3 is 2.39 bits per heavy atom. The SMILES string of the molecule is COc1cccc(C2C(C(=O)c3ccc(Cl)s3)C(C=Cc3ccccc3)N(C(=O)c3cccc(F)c3)C2C(N)=O)c1. The maximum Gasteiger partial charge on any atom is 0.255 e. The Morgan fingerprint density at radius 2 is 1.73 bits per heavy atom. The highest BCUT2D eigenvalue weighted by Gasteiger charge is 2.56. The van der Waals surface area contributed by atoms with Crippen LogP contribution in [0.4, 0.5) is 4.39 Å². The van der Waals surface area contributed by atoms with Gasteiger partial charge in [0.1, 0.15) is 17.6 Å². The number of carbonyl (C=O) groups is 3. The van der Waals surface area contributed by atoms with Crippen LogP contribution in [0.2, 0.25) is 4.34 Å². The van der Waals surface area contributed by atoms with Gasteiger partial charge in [-0.3, -0.25) is 14.4 Å². The number of benzene rings is 3. The number of nitrogens with zero attached hydrogens (tertiary/aromatic N) is 1. The minimum atomic E-state index is -1.23. The molecule has 2 heterocycles. The first-order chi connectivity index (χ1) is 19.8. The highest BCUT2D eigenvalue weighted by Crippen LogP contribution is 2.47. The molecule has 9 heteroatoms. The van der Waals surface area contributed by atoms with E-state index in [9.17, 15) is 18.8 Å². The Bertz CT molecular complexity index is 1620. The van der Waals surface area contributed by atoms with Gasteiger partial charge in [-0.1, -0.05) is 72.3 Å². The number of rotatable bonds is 8. The summed E-state index contributed by atoms with van der Waals surface area (Å²) in [5.41, 5.74) is 7.48. The van der Waals surface area contributed by atoms with Crippen LogP contribution in [0.3, 0.4) is 0 Å². The lowest BCUT2D eigenvalue weighted by Crippen LogP contribution is -2.48. The zero-order valence-corrected chi connectivity index (χ0v) is 23.5. The Hall–Kier alpha value is -4.27. The van der Waals surface area contributed by atoms with Crippen molar-refractivity contribution in [2.45, 2.75) is 18.0 Å². The van der Waals surface area contributed by atoms with Crippen LogP contribution in [-0.4, -0.2) is 41.7 Å². The molecule has 4 unspecified atom stereocenters. The van der Waals surface area contributed by atoms with Gasteiger partial charge in [0.15, 0.2) is 5.78 Å². The number of primary amides is 1. The van der Waals surface area contributed by atoms with Gasteiger partial charge in [0.05, 0.1) is 28.3 Å². The van der Waals surface area contributed by atoms with Gasteiger partial charge in [-0.2, -0.15) is 0 Å². The Labute approximate surface area is 245 Å². The van der Waals surface area contributed by atoms with Gasteiger partial charge in [-0.05, 0) is 53.6 Å². The van der Waals surface area contributed by atoms with Crippen molar-refractivity contribution in [3.63, 3.8) is 0 Å². The molecule has 6 nitrogen and oxygen atoms in total. The third kappa shape index (κ3) is 5.80. The summed E-state index contributed by atoms with van der Waals surface area (Å²) in [7, 11) is 1.51. The first-order valence-electron chi connectivity index (χ1n) is 12.8. The summed E-state index contributed by atoms with van der Waals surface area (Å²) in [4.78, 5) is 43.3. The second-order valence-corrected chi connectivity index (χ2v) is 11.3. The molecule has 0 radical (unpaired) electrons. The van der Waals surface area contributed by atoms with Crippen molar-refractivity contribution >= 4 is 46.6 Å². The molecule has 41 heavy (non-hydrogen) atoms. The Kier molecular flexibility index (Phi) is 8.33. The fourth-order valence-electron chi connectivity index (χ4n) is 5.44. The van der Waals surface area contributed by atoms with E-state index in [1.165, 1.54) is 30.2 Å². The molecule has 4 atom stereocenters. The predicted molar refractivity (Wildman–Crippen MR) is 158 cm³/mol. The number of methoxy groups -OCH3 is 1. The van der Waals surface area contributed by atoms with E-state index in [4.69, 9.17) is 22.1 Å². The Morgan fingerprint density at radius 1 is 0.976 bits per heavy atom. The zero-order valence-electron chi connectivity index (χ0n) is 21.9. The van der Waals surface area contributed by atoms with Gasteiger partial charge in [0, 0.05) is 11.5 Å². The average molecular weight is 589 g/mol. The molecular formula is C32H26ClFN2O4S. The van der Waals surface area contributed by atoms with Crippen LogP contribution in [0, 0.1) is 11.7 Å².